The molecule has 0 atom stereocenters. The quantitative estimate of drug-likeness (QED) is 0.704. The highest BCUT2D eigenvalue weighted by atomic mass is 32.1. The van der Waals surface area contributed by atoms with E-state index in [1.165, 1.54) is 0 Å². The van der Waals surface area contributed by atoms with Crippen molar-refractivity contribution in [3.05, 3.63) is 35.4 Å². The molecule has 5 heteroatoms. The highest BCUT2D eigenvalue weighted by Crippen LogP contribution is 2.18. The minimum absolute atomic E-state index is 0.106. The third kappa shape index (κ3) is 3.71. The molecular formula is C12H15N3OS. The van der Waals surface area contributed by atoms with E-state index in [9.17, 15) is 4.79 Å². The van der Waals surface area contributed by atoms with E-state index in [0.717, 1.165) is 24.0 Å². The molecule has 4 N–H and O–H groups in total. The maximum Gasteiger partial charge on any atom is 0.315 e. The van der Waals surface area contributed by atoms with Gasteiger partial charge < -0.3 is 16.4 Å². The van der Waals surface area contributed by atoms with Crippen molar-refractivity contribution < 1.29 is 4.79 Å². The minimum atomic E-state index is -0.106. The molecule has 90 valence electrons. The Labute approximate surface area is 106 Å². The fraction of sp³-hybridized carbons (Fsp3) is 0.333. The Balaban J connectivity index is 1.81. The van der Waals surface area contributed by atoms with Crippen molar-refractivity contribution in [1.82, 2.24) is 10.6 Å². The van der Waals surface area contributed by atoms with Crippen LogP contribution in [0.1, 0.15) is 24.0 Å². The average Bonchev–Trinajstić information content (AvgIpc) is 3.11. The number of rotatable bonds is 4. The molecule has 17 heavy (non-hydrogen) atoms. The lowest BCUT2D eigenvalue weighted by Crippen LogP contribution is -2.36. The standard InChI is InChI=1S/C12H15N3OS/c13-11(17)9-3-1-8(2-4-9)7-14-12(16)15-10-5-6-10/h1-4,10H,5-7H2,(H2,13,17)(H2,14,15,16). The molecule has 1 aromatic carbocycles. The van der Waals surface area contributed by atoms with Crippen LogP contribution >= 0.6 is 12.2 Å². The monoisotopic (exact) mass is 249 g/mol. The molecule has 1 aromatic rings. The van der Waals surface area contributed by atoms with E-state index in [1.54, 1.807) is 0 Å². The summed E-state index contributed by atoms with van der Waals surface area (Å²) < 4.78 is 0. The van der Waals surface area contributed by atoms with Crippen molar-refractivity contribution in [3.63, 3.8) is 0 Å². The number of urea groups is 1. The first-order valence-corrected chi connectivity index (χ1v) is 5.99. The number of carbonyl (C=O) groups is 1. The molecule has 1 fully saturated rings. The third-order valence-corrected chi connectivity index (χ3v) is 2.84. The van der Waals surface area contributed by atoms with Crippen LogP contribution in [0.3, 0.4) is 0 Å². The van der Waals surface area contributed by atoms with E-state index in [1.807, 2.05) is 24.3 Å². The maximum atomic E-state index is 11.4. The zero-order valence-electron chi connectivity index (χ0n) is 9.40. The van der Waals surface area contributed by atoms with Gasteiger partial charge in [-0.05, 0) is 18.4 Å². The van der Waals surface area contributed by atoms with Gasteiger partial charge >= 0.3 is 6.03 Å². The third-order valence-electron chi connectivity index (χ3n) is 2.60. The summed E-state index contributed by atoms with van der Waals surface area (Å²) in [5.74, 6) is 0. The number of hydrogen-bond acceptors (Lipinski definition) is 2. The topological polar surface area (TPSA) is 67.1 Å². The summed E-state index contributed by atoms with van der Waals surface area (Å²) in [5.41, 5.74) is 7.36. The van der Waals surface area contributed by atoms with Gasteiger partial charge in [-0.25, -0.2) is 4.79 Å². The molecule has 0 unspecified atom stereocenters. The summed E-state index contributed by atoms with van der Waals surface area (Å²) in [6, 6.07) is 7.81. The largest absolute Gasteiger partial charge is 0.389 e. The molecule has 2 rings (SSSR count). The minimum Gasteiger partial charge on any atom is -0.389 e. The summed E-state index contributed by atoms with van der Waals surface area (Å²) >= 11 is 4.86. The molecule has 1 saturated carbocycles. The Kier molecular flexibility index (Phi) is 3.58. The van der Waals surface area contributed by atoms with Gasteiger partial charge in [0.2, 0.25) is 0 Å². The first kappa shape index (κ1) is 11.9. The molecule has 1 aliphatic rings. The van der Waals surface area contributed by atoms with E-state index in [2.05, 4.69) is 10.6 Å². The lowest BCUT2D eigenvalue weighted by molar-refractivity contribution is 0.240. The fourth-order valence-corrected chi connectivity index (χ4v) is 1.57. The van der Waals surface area contributed by atoms with Crippen LogP contribution in [0.25, 0.3) is 0 Å². The van der Waals surface area contributed by atoms with E-state index >= 15 is 0 Å². The first-order chi connectivity index (χ1) is 8.15. The van der Waals surface area contributed by atoms with E-state index in [-0.39, 0.29) is 6.03 Å². The molecule has 0 aliphatic heterocycles. The molecule has 0 radical (unpaired) electrons. The number of amides is 2. The van der Waals surface area contributed by atoms with Gasteiger partial charge in [-0.1, -0.05) is 36.5 Å². The fourth-order valence-electron chi connectivity index (χ4n) is 1.43. The highest BCUT2D eigenvalue weighted by Gasteiger charge is 2.22. The summed E-state index contributed by atoms with van der Waals surface area (Å²) in [4.78, 5) is 11.8. The summed E-state index contributed by atoms with van der Waals surface area (Å²) in [6.07, 6.45) is 2.19. The summed E-state index contributed by atoms with van der Waals surface area (Å²) in [6.45, 7) is 0.510. The molecule has 0 aromatic heterocycles. The van der Waals surface area contributed by atoms with Crippen LogP contribution in [0.5, 0.6) is 0 Å². The van der Waals surface area contributed by atoms with Crippen molar-refractivity contribution in [2.45, 2.75) is 25.4 Å². The number of benzene rings is 1. The van der Waals surface area contributed by atoms with Gasteiger partial charge in [0.05, 0.1) is 0 Å². The van der Waals surface area contributed by atoms with Crippen molar-refractivity contribution in [1.29, 1.82) is 0 Å². The Morgan fingerprint density at radius 1 is 1.35 bits per heavy atom. The van der Waals surface area contributed by atoms with Crippen LogP contribution in [0.4, 0.5) is 4.79 Å². The zero-order valence-corrected chi connectivity index (χ0v) is 10.2. The molecule has 0 bridgehead atoms. The predicted molar refractivity (Wildman–Crippen MR) is 70.7 cm³/mol. The smallest absolute Gasteiger partial charge is 0.315 e. The second-order valence-electron chi connectivity index (χ2n) is 4.16. The Morgan fingerprint density at radius 2 is 2.00 bits per heavy atom. The van der Waals surface area contributed by atoms with E-state index < -0.39 is 0 Å². The number of carbonyl (C=O) groups excluding carboxylic acids is 1. The molecule has 0 spiro atoms. The lowest BCUT2D eigenvalue weighted by Gasteiger charge is -2.07. The number of nitrogens with one attached hydrogen (secondary N) is 2. The Bertz CT molecular complexity index is 426. The molecular weight excluding hydrogens is 234 g/mol. The zero-order chi connectivity index (χ0) is 12.3. The van der Waals surface area contributed by atoms with Gasteiger partial charge in [-0.3, -0.25) is 0 Å². The van der Waals surface area contributed by atoms with Crippen LogP contribution in [-0.2, 0) is 6.54 Å². The summed E-state index contributed by atoms with van der Waals surface area (Å²) in [7, 11) is 0. The molecule has 0 saturated heterocycles. The molecule has 1 aliphatic carbocycles. The van der Waals surface area contributed by atoms with Crippen LogP contribution in [-0.4, -0.2) is 17.1 Å². The average molecular weight is 249 g/mol. The second-order valence-corrected chi connectivity index (χ2v) is 4.60. The van der Waals surface area contributed by atoms with Crippen molar-refractivity contribution in [2.24, 2.45) is 5.73 Å². The Hall–Kier alpha value is -1.62. The van der Waals surface area contributed by atoms with Crippen molar-refractivity contribution in [2.75, 3.05) is 0 Å². The first-order valence-electron chi connectivity index (χ1n) is 5.58. The summed E-state index contributed by atoms with van der Waals surface area (Å²) in [5, 5.41) is 5.67. The highest BCUT2D eigenvalue weighted by molar-refractivity contribution is 7.80. The Morgan fingerprint density at radius 3 is 2.53 bits per heavy atom. The molecule has 2 amide bonds. The van der Waals surface area contributed by atoms with Gasteiger partial charge in [0.15, 0.2) is 0 Å². The van der Waals surface area contributed by atoms with Gasteiger partial charge in [0.1, 0.15) is 4.99 Å². The normalized spacial score (nSPS) is 14.1. The predicted octanol–water partition coefficient (Wildman–Crippen LogP) is 1.28. The van der Waals surface area contributed by atoms with E-state index in [0.29, 0.717) is 17.6 Å². The maximum absolute atomic E-state index is 11.4. The van der Waals surface area contributed by atoms with Crippen molar-refractivity contribution >= 4 is 23.2 Å². The van der Waals surface area contributed by atoms with E-state index in [4.69, 9.17) is 18.0 Å². The van der Waals surface area contributed by atoms with Crippen LogP contribution in [0, 0.1) is 0 Å². The van der Waals surface area contributed by atoms with Gasteiger partial charge in [-0.2, -0.15) is 0 Å². The lowest BCUT2D eigenvalue weighted by atomic mass is 10.1. The van der Waals surface area contributed by atoms with Crippen LogP contribution in [0.2, 0.25) is 0 Å². The number of nitrogens with two attached hydrogens (primary N) is 1. The van der Waals surface area contributed by atoms with Gasteiger partial charge in [0.25, 0.3) is 0 Å². The second kappa shape index (κ2) is 5.14. The van der Waals surface area contributed by atoms with Crippen LogP contribution in [0.15, 0.2) is 24.3 Å². The molecule has 4 nitrogen and oxygen atoms in total. The van der Waals surface area contributed by atoms with Crippen LogP contribution < -0.4 is 16.4 Å². The number of hydrogen-bond donors (Lipinski definition) is 3. The number of thiocarbonyl (C=S) groups is 1. The molecule has 0 heterocycles. The van der Waals surface area contributed by atoms with Crippen molar-refractivity contribution in [3.8, 4) is 0 Å². The van der Waals surface area contributed by atoms with Gasteiger partial charge in [0, 0.05) is 18.2 Å². The SMILES string of the molecule is NC(=S)c1ccc(CNC(=O)NC2CC2)cc1. The van der Waals surface area contributed by atoms with Gasteiger partial charge in [-0.15, -0.1) is 0 Å².